The first-order valence-electron chi connectivity index (χ1n) is 6.74. The van der Waals surface area contributed by atoms with E-state index in [1.54, 1.807) is 12.8 Å². The first-order chi connectivity index (χ1) is 7.42. The lowest BCUT2D eigenvalue weighted by Gasteiger charge is -2.22. The van der Waals surface area contributed by atoms with Crippen LogP contribution in [-0.2, 0) is 0 Å². The summed E-state index contributed by atoms with van der Waals surface area (Å²) in [6.07, 6.45) is 9.08. The van der Waals surface area contributed by atoms with E-state index in [0.29, 0.717) is 0 Å². The monoisotopic (exact) mass is 225 g/mol. The van der Waals surface area contributed by atoms with Crippen LogP contribution in [-0.4, -0.2) is 24.1 Å². The normalized spacial score (nSPS) is 44.0. The Morgan fingerprint density at radius 2 is 2.07 bits per heavy atom. The fourth-order valence-corrected chi connectivity index (χ4v) is 5.10. The first kappa shape index (κ1) is 10.5. The smallest absolute Gasteiger partial charge is 0.0172 e. The minimum Gasteiger partial charge on any atom is -0.315 e. The maximum Gasteiger partial charge on any atom is 0.0172 e. The molecule has 15 heavy (non-hydrogen) atoms. The van der Waals surface area contributed by atoms with Crippen molar-refractivity contribution >= 4 is 11.8 Å². The Bertz CT molecular complexity index is 213. The minimum atomic E-state index is 0.934. The molecular weight excluding hydrogens is 202 g/mol. The Morgan fingerprint density at radius 3 is 2.73 bits per heavy atom. The SMILES string of the molecule is C1CSC(CNCC2CC3CCC2C3)C1. The molecule has 0 spiro atoms. The number of rotatable bonds is 4. The van der Waals surface area contributed by atoms with E-state index in [9.17, 15) is 0 Å². The zero-order chi connectivity index (χ0) is 10.1. The van der Waals surface area contributed by atoms with E-state index in [-0.39, 0.29) is 0 Å². The highest BCUT2D eigenvalue weighted by Crippen LogP contribution is 2.47. The van der Waals surface area contributed by atoms with Crippen molar-refractivity contribution in [3.63, 3.8) is 0 Å². The zero-order valence-electron chi connectivity index (χ0n) is 9.58. The fourth-order valence-electron chi connectivity index (χ4n) is 3.86. The molecule has 0 aromatic heterocycles. The number of hydrogen-bond acceptors (Lipinski definition) is 2. The molecule has 2 heteroatoms. The Balaban J connectivity index is 1.36. The van der Waals surface area contributed by atoms with Gasteiger partial charge in [0.25, 0.3) is 0 Å². The maximum absolute atomic E-state index is 3.73. The summed E-state index contributed by atoms with van der Waals surface area (Å²) in [4.78, 5) is 0. The summed E-state index contributed by atoms with van der Waals surface area (Å²) in [7, 11) is 0. The van der Waals surface area contributed by atoms with Gasteiger partial charge in [0.05, 0.1) is 0 Å². The highest BCUT2D eigenvalue weighted by Gasteiger charge is 2.38. The van der Waals surface area contributed by atoms with Gasteiger partial charge in [-0.3, -0.25) is 0 Å². The van der Waals surface area contributed by atoms with Gasteiger partial charge in [-0.2, -0.15) is 11.8 Å². The first-order valence-corrected chi connectivity index (χ1v) is 7.79. The topological polar surface area (TPSA) is 12.0 Å². The molecule has 86 valence electrons. The molecule has 3 fully saturated rings. The van der Waals surface area contributed by atoms with Gasteiger partial charge in [0.15, 0.2) is 0 Å². The lowest BCUT2D eigenvalue weighted by Crippen LogP contribution is -2.30. The Labute approximate surface area is 97.8 Å². The number of nitrogens with one attached hydrogen (secondary N) is 1. The second kappa shape index (κ2) is 4.67. The summed E-state index contributed by atoms with van der Waals surface area (Å²) in [6.45, 7) is 2.59. The molecular formula is C13H23NS. The number of thioether (sulfide) groups is 1. The average molecular weight is 225 g/mol. The quantitative estimate of drug-likeness (QED) is 0.789. The van der Waals surface area contributed by atoms with Gasteiger partial charge >= 0.3 is 0 Å². The molecule has 2 saturated carbocycles. The molecule has 4 atom stereocenters. The van der Waals surface area contributed by atoms with E-state index >= 15 is 0 Å². The Morgan fingerprint density at radius 1 is 1.07 bits per heavy atom. The molecule has 3 rings (SSSR count). The summed E-state index contributed by atoms with van der Waals surface area (Å²) >= 11 is 2.18. The molecule has 0 aromatic carbocycles. The van der Waals surface area contributed by atoms with Crippen LogP contribution in [0.4, 0.5) is 0 Å². The van der Waals surface area contributed by atoms with Crippen LogP contribution in [0.5, 0.6) is 0 Å². The van der Waals surface area contributed by atoms with Crippen LogP contribution in [0.2, 0.25) is 0 Å². The van der Waals surface area contributed by atoms with Gasteiger partial charge in [-0.15, -0.1) is 0 Å². The molecule has 1 aliphatic heterocycles. The third-order valence-electron chi connectivity index (χ3n) is 4.69. The van der Waals surface area contributed by atoms with E-state index < -0.39 is 0 Å². The largest absolute Gasteiger partial charge is 0.315 e. The van der Waals surface area contributed by atoms with Gasteiger partial charge in [0.1, 0.15) is 0 Å². The zero-order valence-corrected chi connectivity index (χ0v) is 10.4. The highest BCUT2D eigenvalue weighted by molar-refractivity contribution is 8.00. The molecule has 1 nitrogen and oxygen atoms in total. The standard InChI is InChI=1S/C13H23NS/c1-2-13(15-5-1)9-14-8-12-7-10-3-4-11(12)6-10/h10-14H,1-9H2. The second-order valence-electron chi connectivity index (χ2n) is 5.73. The third-order valence-corrected chi connectivity index (χ3v) is 6.09. The van der Waals surface area contributed by atoms with Gasteiger partial charge < -0.3 is 5.32 Å². The van der Waals surface area contributed by atoms with Gasteiger partial charge in [-0.05, 0) is 62.2 Å². The van der Waals surface area contributed by atoms with E-state index in [1.807, 2.05) is 0 Å². The van der Waals surface area contributed by atoms with E-state index in [0.717, 1.165) is 23.0 Å². The lowest BCUT2D eigenvalue weighted by molar-refractivity contribution is 0.319. The van der Waals surface area contributed by atoms with E-state index in [4.69, 9.17) is 0 Å². The van der Waals surface area contributed by atoms with Crippen LogP contribution in [0.15, 0.2) is 0 Å². The van der Waals surface area contributed by atoms with Crippen LogP contribution >= 0.6 is 11.8 Å². The molecule has 0 aromatic rings. The average Bonchev–Trinajstić information content (AvgIpc) is 2.93. The van der Waals surface area contributed by atoms with Crippen LogP contribution in [0.25, 0.3) is 0 Å². The predicted molar refractivity (Wildman–Crippen MR) is 67.3 cm³/mol. The van der Waals surface area contributed by atoms with E-state index in [1.165, 1.54) is 44.5 Å². The molecule has 0 amide bonds. The minimum absolute atomic E-state index is 0.934. The Hall–Kier alpha value is 0.310. The Kier molecular flexibility index (Phi) is 3.25. The number of fused-ring (bicyclic) bond motifs is 2. The summed E-state index contributed by atoms with van der Waals surface area (Å²) in [5.41, 5.74) is 0. The van der Waals surface area contributed by atoms with Crippen molar-refractivity contribution < 1.29 is 0 Å². The molecule has 3 aliphatic rings. The van der Waals surface area contributed by atoms with Gasteiger partial charge in [0.2, 0.25) is 0 Å². The summed E-state index contributed by atoms with van der Waals surface area (Å²) in [5, 5.41) is 4.67. The van der Waals surface area contributed by atoms with Crippen molar-refractivity contribution in [3.05, 3.63) is 0 Å². The van der Waals surface area contributed by atoms with Crippen molar-refractivity contribution in [2.24, 2.45) is 17.8 Å². The maximum atomic E-state index is 3.73. The van der Waals surface area contributed by atoms with Crippen molar-refractivity contribution in [3.8, 4) is 0 Å². The predicted octanol–water partition coefficient (Wildman–Crippen LogP) is 2.91. The van der Waals surface area contributed by atoms with Gasteiger partial charge in [0, 0.05) is 11.8 Å². The molecule has 2 aliphatic carbocycles. The highest BCUT2D eigenvalue weighted by atomic mass is 32.2. The third kappa shape index (κ3) is 2.36. The van der Waals surface area contributed by atoms with Crippen molar-refractivity contribution in [1.82, 2.24) is 5.32 Å². The van der Waals surface area contributed by atoms with Gasteiger partial charge in [-0.1, -0.05) is 6.42 Å². The molecule has 4 unspecified atom stereocenters. The fraction of sp³-hybridized carbons (Fsp3) is 1.00. The number of hydrogen-bond donors (Lipinski definition) is 1. The summed E-state index contributed by atoms with van der Waals surface area (Å²) in [6, 6.07) is 0. The van der Waals surface area contributed by atoms with Crippen LogP contribution in [0, 0.1) is 17.8 Å². The van der Waals surface area contributed by atoms with Crippen LogP contribution in [0.3, 0.4) is 0 Å². The van der Waals surface area contributed by atoms with Crippen molar-refractivity contribution in [2.75, 3.05) is 18.8 Å². The lowest BCUT2D eigenvalue weighted by atomic mass is 9.89. The molecule has 1 saturated heterocycles. The summed E-state index contributed by atoms with van der Waals surface area (Å²) < 4.78 is 0. The van der Waals surface area contributed by atoms with Crippen molar-refractivity contribution in [1.29, 1.82) is 0 Å². The van der Waals surface area contributed by atoms with Crippen LogP contribution < -0.4 is 5.32 Å². The van der Waals surface area contributed by atoms with Crippen molar-refractivity contribution in [2.45, 2.75) is 43.8 Å². The summed E-state index contributed by atoms with van der Waals surface area (Å²) in [5.74, 6) is 4.65. The van der Waals surface area contributed by atoms with Crippen LogP contribution in [0.1, 0.15) is 38.5 Å². The molecule has 1 heterocycles. The molecule has 0 radical (unpaired) electrons. The van der Waals surface area contributed by atoms with Gasteiger partial charge in [-0.25, -0.2) is 0 Å². The molecule has 1 N–H and O–H groups in total. The molecule has 2 bridgehead atoms. The van der Waals surface area contributed by atoms with E-state index in [2.05, 4.69) is 17.1 Å². The second-order valence-corrected chi connectivity index (χ2v) is 7.14.